The highest BCUT2D eigenvalue weighted by atomic mass is 16.5. The van der Waals surface area contributed by atoms with Crippen LogP contribution in [0.4, 0.5) is 5.69 Å². The number of nitrogens with one attached hydrogen (secondary N) is 1. The van der Waals surface area contributed by atoms with Crippen LogP contribution < -0.4 is 10.1 Å². The number of nitrogens with zero attached hydrogens (tertiary/aromatic N) is 2. The second kappa shape index (κ2) is 8.19. The topological polar surface area (TPSA) is 74.7 Å². The number of pyridine rings is 1. The molecule has 1 aliphatic heterocycles. The molecule has 0 spiro atoms. The summed E-state index contributed by atoms with van der Waals surface area (Å²) >= 11 is 0. The molecule has 0 unspecified atom stereocenters. The fourth-order valence-electron chi connectivity index (χ4n) is 3.42. The van der Waals surface area contributed by atoms with Crippen LogP contribution in [-0.2, 0) is 11.3 Å². The molecule has 1 aromatic carbocycles. The van der Waals surface area contributed by atoms with Crippen LogP contribution in [0, 0.1) is 6.92 Å². The number of rotatable bonds is 7. The van der Waals surface area contributed by atoms with Crippen molar-refractivity contribution in [3.8, 4) is 5.75 Å². The third kappa shape index (κ3) is 4.52. The number of hydrogen-bond donors (Lipinski definition) is 2. The standard InChI is InChI=1S/C20H25N3O3/c1-14-9-17(21-2)10-18(22-14)15-7-8-23(11-15)12-16-5-3-4-6-19(16)26-13-20(24)25/h3-6,9-10,15H,7-8,11-13H2,1-2H3,(H,21,22)(H,24,25)/t15-/m1/s1. The largest absolute Gasteiger partial charge is 0.482 e. The number of aromatic nitrogens is 1. The molecule has 1 aromatic heterocycles. The fraction of sp³-hybridized carbons (Fsp3) is 0.400. The average molecular weight is 355 g/mol. The van der Waals surface area contributed by atoms with Crippen molar-refractivity contribution in [3.63, 3.8) is 0 Å². The summed E-state index contributed by atoms with van der Waals surface area (Å²) in [5, 5.41) is 12.0. The Morgan fingerprint density at radius 2 is 2.19 bits per heavy atom. The third-order valence-electron chi connectivity index (χ3n) is 4.67. The van der Waals surface area contributed by atoms with E-state index in [1.807, 2.05) is 44.3 Å². The van der Waals surface area contributed by atoms with Gasteiger partial charge < -0.3 is 15.2 Å². The quantitative estimate of drug-likeness (QED) is 0.795. The van der Waals surface area contributed by atoms with Gasteiger partial charge in [-0.15, -0.1) is 0 Å². The molecule has 2 aromatic rings. The molecule has 2 N–H and O–H groups in total. The number of hydrogen-bond acceptors (Lipinski definition) is 5. The van der Waals surface area contributed by atoms with Crippen molar-refractivity contribution in [2.45, 2.75) is 25.8 Å². The molecule has 6 heteroatoms. The zero-order chi connectivity index (χ0) is 18.5. The van der Waals surface area contributed by atoms with Crippen molar-refractivity contribution in [2.75, 3.05) is 32.1 Å². The molecule has 1 atom stereocenters. The Kier molecular flexibility index (Phi) is 5.73. The first-order valence-electron chi connectivity index (χ1n) is 8.86. The summed E-state index contributed by atoms with van der Waals surface area (Å²) in [7, 11) is 1.92. The second-order valence-electron chi connectivity index (χ2n) is 6.68. The smallest absolute Gasteiger partial charge is 0.341 e. The summed E-state index contributed by atoms with van der Waals surface area (Å²) in [6.07, 6.45) is 1.07. The van der Waals surface area contributed by atoms with Gasteiger partial charge in [0.1, 0.15) is 5.75 Å². The fourth-order valence-corrected chi connectivity index (χ4v) is 3.42. The van der Waals surface area contributed by atoms with Gasteiger partial charge >= 0.3 is 5.97 Å². The van der Waals surface area contributed by atoms with E-state index in [0.29, 0.717) is 11.7 Å². The number of likely N-dealkylation sites (tertiary alicyclic amines) is 1. The maximum Gasteiger partial charge on any atom is 0.341 e. The minimum absolute atomic E-state index is 0.320. The number of anilines is 1. The van der Waals surface area contributed by atoms with Gasteiger partial charge in [-0.1, -0.05) is 18.2 Å². The molecular weight excluding hydrogens is 330 g/mol. The molecule has 0 saturated carbocycles. The summed E-state index contributed by atoms with van der Waals surface area (Å²) in [4.78, 5) is 17.8. The van der Waals surface area contributed by atoms with Gasteiger partial charge in [0.25, 0.3) is 0 Å². The van der Waals surface area contributed by atoms with Crippen molar-refractivity contribution in [1.29, 1.82) is 0 Å². The lowest BCUT2D eigenvalue weighted by molar-refractivity contribution is -0.139. The van der Waals surface area contributed by atoms with Crippen LogP contribution in [-0.4, -0.2) is 47.7 Å². The zero-order valence-electron chi connectivity index (χ0n) is 15.2. The molecule has 0 amide bonds. The Morgan fingerprint density at radius 3 is 2.96 bits per heavy atom. The van der Waals surface area contributed by atoms with E-state index in [1.165, 1.54) is 0 Å². The molecule has 26 heavy (non-hydrogen) atoms. The molecule has 1 saturated heterocycles. The third-order valence-corrected chi connectivity index (χ3v) is 4.67. The summed E-state index contributed by atoms with van der Waals surface area (Å²) in [6, 6.07) is 11.8. The molecule has 1 aliphatic rings. The molecule has 6 nitrogen and oxygen atoms in total. The van der Waals surface area contributed by atoms with Gasteiger partial charge in [0, 0.05) is 48.7 Å². The van der Waals surface area contributed by atoms with Crippen molar-refractivity contribution in [3.05, 3.63) is 53.3 Å². The highest BCUT2D eigenvalue weighted by Crippen LogP contribution is 2.30. The number of aliphatic carboxylic acids is 1. The number of carboxylic acid groups (broad SMARTS) is 1. The summed E-state index contributed by atoms with van der Waals surface area (Å²) in [5.74, 6) is 0.0884. The Bertz CT molecular complexity index is 779. The lowest BCUT2D eigenvalue weighted by atomic mass is 10.0. The predicted molar refractivity (Wildman–Crippen MR) is 101 cm³/mol. The molecule has 1 fully saturated rings. The molecule has 3 rings (SSSR count). The highest BCUT2D eigenvalue weighted by Gasteiger charge is 2.26. The number of ether oxygens (including phenoxy) is 1. The van der Waals surface area contributed by atoms with E-state index >= 15 is 0 Å². The Labute approximate surface area is 153 Å². The van der Waals surface area contributed by atoms with E-state index in [0.717, 1.165) is 48.7 Å². The van der Waals surface area contributed by atoms with Crippen LogP contribution in [0.1, 0.15) is 29.3 Å². The van der Waals surface area contributed by atoms with Crippen molar-refractivity contribution >= 4 is 11.7 Å². The number of para-hydroxylation sites is 1. The van der Waals surface area contributed by atoms with E-state index in [4.69, 9.17) is 14.8 Å². The maximum atomic E-state index is 10.8. The van der Waals surface area contributed by atoms with Crippen LogP contribution in [0.2, 0.25) is 0 Å². The average Bonchev–Trinajstić information content (AvgIpc) is 3.09. The van der Waals surface area contributed by atoms with E-state index in [2.05, 4.69) is 16.3 Å². The molecule has 0 aliphatic carbocycles. The van der Waals surface area contributed by atoms with Crippen molar-refractivity contribution in [2.24, 2.45) is 0 Å². The van der Waals surface area contributed by atoms with Gasteiger partial charge in [0.2, 0.25) is 0 Å². The van der Waals surface area contributed by atoms with Crippen LogP contribution in [0.3, 0.4) is 0 Å². The minimum atomic E-state index is -0.966. The molecular formula is C20H25N3O3. The van der Waals surface area contributed by atoms with Crippen molar-refractivity contribution < 1.29 is 14.6 Å². The molecule has 0 radical (unpaired) electrons. The van der Waals surface area contributed by atoms with E-state index in [1.54, 1.807) is 0 Å². The van der Waals surface area contributed by atoms with Gasteiger partial charge in [0.05, 0.1) is 0 Å². The van der Waals surface area contributed by atoms with Gasteiger partial charge in [-0.05, 0) is 38.1 Å². The normalized spacial score (nSPS) is 17.2. The summed E-state index contributed by atoms with van der Waals surface area (Å²) < 4.78 is 5.42. The molecule has 2 heterocycles. The number of aryl methyl sites for hydroxylation is 1. The molecule has 138 valence electrons. The lowest BCUT2D eigenvalue weighted by Gasteiger charge is -2.18. The predicted octanol–water partition coefficient (Wildman–Crippen LogP) is 2.88. The Balaban J connectivity index is 1.67. The van der Waals surface area contributed by atoms with Crippen LogP contribution >= 0.6 is 0 Å². The summed E-state index contributed by atoms with van der Waals surface area (Å²) in [5.41, 5.74) is 4.27. The zero-order valence-corrected chi connectivity index (χ0v) is 15.2. The Hall–Kier alpha value is -2.60. The maximum absolute atomic E-state index is 10.8. The van der Waals surface area contributed by atoms with Crippen LogP contribution in [0.5, 0.6) is 5.75 Å². The second-order valence-corrected chi connectivity index (χ2v) is 6.68. The van der Waals surface area contributed by atoms with Crippen LogP contribution in [0.25, 0.3) is 0 Å². The van der Waals surface area contributed by atoms with Crippen LogP contribution in [0.15, 0.2) is 36.4 Å². The number of carbonyl (C=O) groups is 1. The van der Waals surface area contributed by atoms with Gasteiger partial charge in [-0.25, -0.2) is 4.79 Å². The number of benzene rings is 1. The van der Waals surface area contributed by atoms with Gasteiger partial charge in [0.15, 0.2) is 6.61 Å². The first-order valence-corrected chi connectivity index (χ1v) is 8.86. The number of carboxylic acids is 1. The monoisotopic (exact) mass is 355 g/mol. The van der Waals surface area contributed by atoms with Gasteiger partial charge in [-0.2, -0.15) is 0 Å². The highest BCUT2D eigenvalue weighted by molar-refractivity contribution is 5.68. The van der Waals surface area contributed by atoms with E-state index < -0.39 is 5.97 Å². The first kappa shape index (κ1) is 18.2. The van der Waals surface area contributed by atoms with Crippen molar-refractivity contribution in [1.82, 2.24) is 9.88 Å². The first-order chi connectivity index (χ1) is 12.5. The minimum Gasteiger partial charge on any atom is -0.482 e. The lowest BCUT2D eigenvalue weighted by Crippen LogP contribution is -2.21. The SMILES string of the molecule is CNc1cc(C)nc([C@@H]2CCN(Cc3ccccc3OCC(=O)O)C2)c1. The summed E-state index contributed by atoms with van der Waals surface area (Å²) in [6.45, 7) is 4.37. The molecule has 0 bridgehead atoms. The van der Waals surface area contributed by atoms with Gasteiger partial charge in [-0.3, -0.25) is 9.88 Å². The Morgan fingerprint density at radius 1 is 1.38 bits per heavy atom. The van der Waals surface area contributed by atoms with E-state index in [9.17, 15) is 4.79 Å². The van der Waals surface area contributed by atoms with E-state index in [-0.39, 0.29) is 6.61 Å².